The summed E-state index contributed by atoms with van der Waals surface area (Å²) in [5.74, 6) is 5.47. The zero-order chi connectivity index (χ0) is 36.5. The van der Waals surface area contributed by atoms with E-state index in [1.54, 1.807) is 41.8 Å². The van der Waals surface area contributed by atoms with Crippen molar-refractivity contribution in [1.29, 1.82) is 0 Å². The third-order valence-electron chi connectivity index (χ3n) is 10.8. The summed E-state index contributed by atoms with van der Waals surface area (Å²) in [6.45, 7) is 10.2. The van der Waals surface area contributed by atoms with Crippen molar-refractivity contribution >= 4 is 17.8 Å². The summed E-state index contributed by atoms with van der Waals surface area (Å²) in [5.41, 5.74) is 3.65. The first kappa shape index (κ1) is 36.1. The van der Waals surface area contributed by atoms with Crippen LogP contribution < -0.4 is 10.1 Å². The number of benzene rings is 3. The number of ether oxygens (including phenoxy) is 1. The van der Waals surface area contributed by atoms with E-state index < -0.39 is 23.0 Å². The van der Waals surface area contributed by atoms with Crippen LogP contribution in [0.3, 0.4) is 0 Å². The number of carboxylic acid groups (broad SMARTS) is 1. The van der Waals surface area contributed by atoms with E-state index in [9.17, 15) is 19.1 Å². The SMILES string of the molecule is Cc1cc(C)c(C)c(OCCc2ccc([C@]34CC#C[C@@H](CN(C(=O)CCC(C)(C)C(=O)O)C3C(=O)N(Cc3ccccc3F)C3CC3)N4)cc2)c1. The lowest BCUT2D eigenvalue weighted by Gasteiger charge is -2.53. The highest BCUT2D eigenvalue weighted by atomic mass is 19.1. The third-order valence-corrected chi connectivity index (χ3v) is 10.8. The molecule has 0 radical (unpaired) electrons. The van der Waals surface area contributed by atoms with E-state index in [4.69, 9.17) is 4.74 Å². The fraction of sp³-hybridized carbons (Fsp3) is 0.452. The standard InChI is InChI=1S/C42H48FN3O5/c1-27-23-28(2)29(3)36(24-27)51-22-19-30-12-14-32(15-13-30)42-20-8-10-33(44-42)26-46(37(47)18-21-41(4,5)40(49)50)38(42)39(48)45(34-16-17-34)25-31-9-6-7-11-35(31)43/h6-7,9,11-15,23-24,33-34,38,44H,16-22,25-26H2,1-5H3,(H,49,50)/t33-,38?,42+/m0/s1. The van der Waals surface area contributed by atoms with Gasteiger partial charge >= 0.3 is 5.97 Å². The number of hydrogen-bond acceptors (Lipinski definition) is 5. The molecule has 2 amide bonds. The maximum Gasteiger partial charge on any atom is 0.309 e. The first-order chi connectivity index (χ1) is 24.3. The lowest BCUT2D eigenvalue weighted by atomic mass is 9.73. The summed E-state index contributed by atoms with van der Waals surface area (Å²) in [6.07, 6.45) is 2.66. The second-order valence-electron chi connectivity index (χ2n) is 15.1. The van der Waals surface area contributed by atoms with Crippen LogP contribution in [-0.4, -0.2) is 64.0 Å². The topological polar surface area (TPSA) is 99.2 Å². The molecule has 2 aliphatic heterocycles. The van der Waals surface area contributed by atoms with Crippen LogP contribution in [0.15, 0.2) is 60.7 Å². The summed E-state index contributed by atoms with van der Waals surface area (Å²) >= 11 is 0. The van der Waals surface area contributed by atoms with E-state index in [0.29, 0.717) is 18.6 Å². The second kappa shape index (κ2) is 14.5. The van der Waals surface area contributed by atoms with Crippen LogP contribution in [-0.2, 0) is 32.9 Å². The number of hydrogen-bond donors (Lipinski definition) is 2. The number of carbonyl (C=O) groups excluding carboxylic acids is 2. The molecule has 2 fully saturated rings. The summed E-state index contributed by atoms with van der Waals surface area (Å²) in [5, 5.41) is 13.4. The van der Waals surface area contributed by atoms with E-state index in [0.717, 1.165) is 40.8 Å². The highest BCUT2D eigenvalue weighted by Gasteiger charge is 2.56. The van der Waals surface area contributed by atoms with Gasteiger partial charge in [0.05, 0.1) is 23.6 Å². The van der Waals surface area contributed by atoms with Crippen molar-refractivity contribution in [1.82, 2.24) is 15.1 Å². The molecule has 9 heteroatoms. The predicted molar refractivity (Wildman–Crippen MR) is 193 cm³/mol. The Kier molecular flexibility index (Phi) is 10.3. The number of piperazine rings is 1. The molecule has 3 aromatic rings. The van der Waals surface area contributed by atoms with Crippen molar-refractivity contribution in [2.45, 2.75) is 103 Å². The van der Waals surface area contributed by atoms with Gasteiger partial charge in [-0.1, -0.05) is 60.4 Å². The van der Waals surface area contributed by atoms with Crippen molar-refractivity contribution < 1.29 is 28.6 Å². The molecule has 0 spiro atoms. The van der Waals surface area contributed by atoms with Crippen LogP contribution in [0, 0.1) is 43.8 Å². The Morgan fingerprint density at radius 2 is 1.80 bits per heavy atom. The molecule has 3 aromatic carbocycles. The Hall–Kier alpha value is -4.68. The van der Waals surface area contributed by atoms with Crippen molar-refractivity contribution in [2.75, 3.05) is 13.2 Å². The van der Waals surface area contributed by atoms with Crippen LogP contribution >= 0.6 is 0 Å². The highest BCUT2D eigenvalue weighted by Crippen LogP contribution is 2.41. The fourth-order valence-corrected chi connectivity index (χ4v) is 7.29. The summed E-state index contributed by atoms with van der Waals surface area (Å²) in [6, 6.07) is 17.4. The van der Waals surface area contributed by atoms with E-state index in [-0.39, 0.29) is 62.1 Å². The van der Waals surface area contributed by atoms with Crippen molar-refractivity contribution in [3.05, 3.63) is 99.9 Å². The van der Waals surface area contributed by atoms with E-state index in [2.05, 4.69) is 50.1 Å². The van der Waals surface area contributed by atoms with Gasteiger partial charge in [0.1, 0.15) is 17.6 Å². The number of carbonyl (C=O) groups is 3. The predicted octanol–water partition coefficient (Wildman–Crippen LogP) is 6.23. The number of nitrogens with one attached hydrogen (secondary N) is 1. The molecule has 8 nitrogen and oxygen atoms in total. The molecule has 1 unspecified atom stereocenters. The summed E-state index contributed by atoms with van der Waals surface area (Å²) in [4.78, 5) is 44.5. The monoisotopic (exact) mass is 693 g/mol. The molecule has 2 heterocycles. The second-order valence-corrected chi connectivity index (χ2v) is 15.1. The first-order valence-electron chi connectivity index (χ1n) is 17.9. The minimum absolute atomic E-state index is 0.0328. The fourth-order valence-electron chi connectivity index (χ4n) is 7.29. The Balaban J connectivity index is 1.32. The van der Waals surface area contributed by atoms with Gasteiger partial charge in [0.25, 0.3) is 0 Å². The van der Waals surface area contributed by atoms with Crippen LogP contribution in [0.1, 0.15) is 79.3 Å². The molecular formula is C42H48FN3O5. The molecule has 0 aromatic heterocycles. The largest absolute Gasteiger partial charge is 0.493 e. The number of nitrogens with zero attached hydrogens (tertiary/aromatic N) is 2. The van der Waals surface area contributed by atoms with Gasteiger partial charge in [-0.3, -0.25) is 19.7 Å². The van der Waals surface area contributed by atoms with Crippen molar-refractivity contribution in [2.24, 2.45) is 5.41 Å². The van der Waals surface area contributed by atoms with E-state index in [1.165, 1.54) is 11.6 Å². The molecule has 2 N–H and O–H groups in total. The molecule has 3 aliphatic rings. The van der Waals surface area contributed by atoms with Gasteiger partial charge in [0, 0.05) is 44.0 Å². The summed E-state index contributed by atoms with van der Waals surface area (Å²) < 4.78 is 21.1. The number of carboxylic acids is 1. The Labute approximate surface area is 300 Å². The van der Waals surface area contributed by atoms with E-state index in [1.807, 2.05) is 24.3 Å². The molecule has 51 heavy (non-hydrogen) atoms. The lowest BCUT2D eigenvalue weighted by Crippen LogP contribution is -2.73. The van der Waals surface area contributed by atoms with Gasteiger partial charge < -0.3 is 19.6 Å². The number of aryl methyl sites for hydroxylation is 2. The molecular weight excluding hydrogens is 645 g/mol. The smallest absolute Gasteiger partial charge is 0.309 e. The minimum atomic E-state index is -1.11. The highest BCUT2D eigenvalue weighted by molar-refractivity contribution is 5.90. The van der Waals surface area contributed by atoms with Crippen molar-refractivity contribution in [3.63, 3.8) is 0 Å². The number of aliphatic carboxylic acids is 1. The average molecular weight is 694 g/mol. The van der Waals surface area contributed by atoms with Gasteiger partial charge in [0.15, 0.2) is 0 Å². The van der Waals surface area contributed by atoms with Gasteiger partial charge in [-0.25, -0.2) is 4.39 Å². The number of amides is 2. The maximum atomic E-state index is 15.0. The zero-order valence-electron chi connectivity index (χ0n) is 30.2. The molecule has 268 valence electrons. The third kappa shape index (κ3) is 7.67. The van der Waals surface area contributed by atoms with Gasteiger partial charge in [-0.05, 0) is 93.8 Å². The lowest BCUT2D eigenvalue weighted by molar-refractivity contribution is -0.156. The zero-order valence-corrected chi connectivity index (χ0v) is 30.2. The normalized spacial score (nSPS) is 21.0. The molecule has 1 aliphatic carbocycles. The number of halogens is 1. The average Bonchev–Trinajstić information content (AvgIpc) is 3.94. The Bertz CT molecular complexity index is 1880. The Morgan fingerprint density at radius 1 is 1.08 bits per heavy atom. The number of fused-ring (bicyclic) bond motifs is 2. The molecule has 1 saturated carbocycles. The van der Waals surface area contributed by atoms with Crippen molar-refractivity contribution in [3.8, 4) is 17.6 Å². The van der Waals surface area contributed by atoms with Crippen LogP contribution in [0.5, 0.6) is 5.75 Å². The van der Waals surface area contributed by atoms with Crippen LogP contribution in [0.2, 0.25) is 0 Å². The molecule has 6 rings (SSSR count). The molecule has 3 atom stereocenters. The Morgan fingerprint density at radius 3 is 2.49 bits per heavy atom. The first-order valence-corrected chi connectivity index (χ1v) is 17.9. The molecule has 1 saturated heterocycles. The quantitative estimate of drug-likeness (QED) is 0.206. The maximum absolute atomic E-state index is 15.0. The molecule has 2 bridgehead atoms. The minimum Gasteiger partial charge on any atom is -0.493 e. The number of rotatable bonds is 13. The van der Waals surface area contributed by atoms with Gasteiger partial charge in [-0.15, -0.1) is 0 Å². The van der Waals surface area contributed by atoms with Gasteiger partial charge in [-0.2, -0.15) is 0 Å². The summed E-state index contributed by atoms with van der Waals surface area (Å²) in [7, 11) is 0. The van der Waals surface area contributed by atoms with E-state index >= 15 is 4.79 Å². The van der Waals surface area contributed by atoms with Gasteiger partial charge in [0.2, 0.25) is 11.8 Å². The van der Waals surface area contributed by atoms with Crippen LogP contribution in [0.25, 0.3) is 0 Å². The van der Waals surface area contributed by atoms with Crippen LogP contribution in [0.4, 0.5) is 4.39 Å².